The zero-order chi connectivity index (χ0) is 15.7. The third kappa shape index (κ3) is 3.50. The standard InChI is InChI=1S/C15H23N5O2.ClH/c1-10-2-3-19(12(4-10)6-16)15(22)11-5-14(21)20(9-11)13-7-17-18-8-13;/h7-8,10-12H,2-6,9,16H2,1H3,(H,17,18);1H. The lowest BCUT2D eigenvalue weighted by molar-refractivity contribution is -0.139. The number of carbonyl (C=O) groups is 2. The van der Waals surface area contributed by atoms with Gasteiger partial charge in [-0.2, -0.15) is 5.10 Å². The SMILES string of the molecule is CC1CCN(C(=O)C2CC(=O)N(c3cn[nH]c3)C2)C(CN)C1.Cl. The van der Waals surface area contributed by atoms with Crippen LogP contribution in [0.3, 0.4) is 0 Å². The van der Waals surface area contributed by atoms with Gasteiger partial charge in [0, 0.05) is 38.3 Å². The van der Waals surface area contributed by atoms with Crippen LogP contribution in [-0.4, -0.2) is 52.6 Å². The number of hydrogen-bond acceptors (Lipinski definition) is 4. The molecule has 0 aromatic carbocycles. The van der Waals surface area contributed by atoms with Gasteiger partial charge in [-0.15, -0.1) is 12.4 Å². The normalized spacial score (nSPS) is 27.9. The van der Waals surface area contributed by atoms with Gasteiger partial charge in [-0.05, 0) is 18.8 Å². The summed E-state index contributed by atoms with van der Waals surface area (Å²) < 4.78 is 0. The molecule has 0 saturated carbocycles. The maximum absolute atomic E-state index is 12.8. The van der Waals surface area contributed by atoms with Gasteiger partial charge in [-0.1, -0.05) is 6.92 Å². The molecular formula is C15H24ClN5O2. The van der Waals surface area contributed by atoms with Crippen LogP contribution in [0.5, 0.6) is 0 Å². The molecule has 23 heavy (non-hydrogen) atoms. The van der Waals surface area contributed by atoms with Gasteiger partial charge >= 0.3 is 0 Å². The Balaban J connectivity index is 0.00000192. The number of piperidine rings is 1. The summed E-state index contributed by atoms with van der Waals surface area (Å²) in [4.78, 5) is 28.5. The minimum Gasteiger partial charge on any atom is -0.338 e. The van der Waals surface area contributed by atoms with Crippen molar-refractivity contribution in [2.75, 3.05) is 24.5 Å². The Morgan fingerprint density at radius 2 is 2.30 bits per heavy atom. The number of carbonyl (C=O) groups excluding carboxylic acids is 2. The number of aromatic nitrogens is 2. The van der Waals surface area contributed by atoms with Crippen molar-refractivity contribution < 1.29 is 9.59 Å². The van der Waals surface area contributed by atoms with Crippen molar-refractivity contribution in [2.24, 2.45) is 17.6 Å². The van der Waals surface area contributed by atoms with Crippen LogP contribution in [0, 0.1) is 11.8 Å². The van der Waals surface area contributed by atoms with Crippen molar-refractivity contribution in [1.82, 2.24) is 15.1 Å². The van der Waals surface area contributed by atoms with Crippen LogP contribution in [0.2, 0.25) is 0 Å². The van der Waals surface area contributed by atoms with E-state index in [0.717, 1.165) is 25.1 Å². The molecule has 3 unspecified atom stereocenters. The number of amides is 2. The van der Waals surface area contributed by atoms with Crippen LogP contribution in [-0.2, 0) is 9.59 Å². The third-order valence-corrected chi connectivity index (χ3v) is 4.80. The van der Waals surface area contributed by atoms with Crippen molar-refractivity contribution in [3.63, 3.8) is 0 Å². The van der Waals surface area contributed by atoms with Gasteiger partial charge in [0.2, 0.25) is 11.8 Å². The second-order valence-electron chi connectivity index (χ2n) is 6.41. The molecule has 0 spiro atoms. The Hall–Kier alpha value is -1.60. The molecule has 1 aromatic rings. The summed E-state index contributed by atoms with van der Waals surface area (Å²) in [6.45, 7) is 3.87. The molecule has 7 nitrogen and oxygen atoms in total. The molecule has 0 bridgehead atoms. The maximum Gasteiger partial charge on any atom is 0.228 e. The molecule has 2 fully saturated rings. The predicted octanol–water partition coefficient (Wildman–Crippen LogP) is 0.770. The second kappa shape index (κ2) is 7.31. The molecule has 2 aliphatic heterocycles. The lowest BCUT2D eigenvalue weighted by Gasteiger charge is -2.39. The Morgan fingerprint density at radius 3 is 2.96 bits per heavy atom. The fourth-order valence-corrected chi connectivity index (χ4v) is 3.51. The highest BCUT2D eigenvalue weighted by Crippen LogP contribution is 2.29. The van der Waals surface area contributed by atoms with E-state index < -0.39 is 0 Å². The van der Waals surface area contributed by atoms with Crippen molar-refractivity contribution in [1.29, 1.82) is 0 Å². The Labute approximate surface area is 142 Å². The molecule has 3 rings (SSSR count). The molecule has 3 N–H and O–H groups in total. The number of rotatable bonds is 3. The first kappa shape index (κ1) is 17.7. The highest BCUT2D eigenvalue weighted by molar-refractivity contribution is 6.00. The summed E-state index contributed by atoms with van der Waals surface area (Å²) in [6.07, 6.45) is 5.52. The Bertz CT molecular complexity index is 550. The van der Waals surface area contributed by atoms with E-state index in [9.17, 15) is 9.59 Å². The number of nitrogens with zero attached hydrogens (tertiary/aromatic N) is 3. The van der Waals surface area contributed by atoms with Crippen molar-refractivity contribution in [3.05, 3.63) is 12.4 Å². The number of nitrogens with one attached hydrogen (secondary N) is 1. The van der Waals surface area contributed by atoms with Crippen LogP contribution in [0.1, 0.15) is 26.2 Å². The number of halogens is 1. The number of aromatic amines is 1. The number of hydrogen-bond donors (Lipinski definition) is 2. The topological polar surface area (TPSA) is 95.3 Å². The second-order valence-corrected chi connectivity index (χ2v) is 6.41. The van der Waals surface area contributed by atoms with Crippen LogP contribution >= 0.6 is 12.4 Å². The predicted molar refractivity (Wildman–Crippen MR) is 89.2 cm³/mol. The molecule has 1 aromatic heterocycles. The largest absolute Gasteiger partial charge is 0.338 e. The molecule has 128 valence electrons. The lowest BCUT2D eigenvalue weighted by Crippen LogP contribution is -2.51. The molecule has 2 amide bonds. The number of likely N-dealkylation sites (tertiary alicyclic amines) is 1. The van der Waals surface area contributed by atoms with E-state index in [4.69, 9.17) is 5.73 Å². The lowest BCUT2D eigenvalue weighted by atomic mass is 9.91. The first-order valence-corrected chi connectivity index (χ1v) is 7.89. The van der Waals surface area contributed by atoms with Gasteiger partial charge in [0.05, 0.1) is 17.8 Å². The highest BCUT2D eigenvalue weighted by atomic mass is 35.5. The van der Waals surface area contributed by atoms with Crippen LogP contribution in [0.4, 0.5) is 5.69 Å². The van der Waals surface area contributed by atoms with Crippen LogP contribution < -0.4 is 10.6 Å². The summed E-state index contributed by atoms with van der Waals surface area (Å²) in [5, 5.41) is 6.56. The number of anilines is 1. The van der Waals surface area contributed by atoms with Crippen molar-refractivity contribution in [2.45, 2.75) is 32.2 Å². The molecule has 3 atom stereocenters. The number of H-pyrrole nitrogens is 1. The van der Waals surface area contributed by atoms with Crippen LogP contribution in [0.25, 0.3) is 0 Å². The van der Waals surface area contributed by atoms with Gasteiger partial charge in [-0.25, -0.2) is 0 Å². The van der Waals surface area contributed by atoms with E-state index in [1.807, 2.05) is 4.90 Å². The number of nitrogens with two attached hydrogens (primary N) is 1. The van der Waals surface area contributed by atoms with Crippen LogP contribution in [0.15, 0.2) is 12.4 Å². The molecule has 3 heterocycles. The summed E-state index contributed by atoms with van der Waals surface area (Å²) in [6, 6.07) is 0.106. The first-order chi connectivity index (χ1) is 10.6. The smallest absolute Gasteiger partial charge is 0.228 e. The zero-order valence-corrected chi connectivity index (χ0v) is 14.1. The van der Waals surface area contributed by atoms with Gasteiger partial charge in [0.25, 0.3) is 0 Å². The van der Waals surface area contributed by atoms with Gasteiger partial charge in [0.15, 0.2) is 0 Å². The zero-order valence-electron chi connectivity index (χ0n) is 13.3. The summed E-state index contributed by atoms with van der Waals surface area (Å²) in [7, 11) is 0. The minimum absolute atomic E-state index is 0. The third-order valence-electron chi connectivity index (χ3n) is 4.80. The average molecular weight is 342 g/mol. The van der Waals surface area contributed by atoms with Crippen molar-refractivity contribution >= 4 is 29.9 Å². The summed E-state index contributed by atoms with van der Waals surface area (Å²) in [5.74, 6) is 0.381. The summed E-state index contributed by atoms with van der Waals surface area (Å²) >= 11 is 0. The van der Waals surface area contributed by atoms with Gasteiger partial charge in [0.1, 0.15) is 0 Å². The molecular weight excluding hydrogens is 318 g/mol. The van der Waals surface area contributed by atoms with E-state index in [1.165, 1.54) is 0 Å². The highest BCUT2D eigenvalue weighted by Gasteiger charge is 2.40. The van der Waals surface area contributed by atoms with Gasteiger partial charge < -0.3 is 15.5 Å². The van der Waals surface area contributed by atoms with E-state index >= 15 is 0 Å². The van der Waals surface area contributed by atoms with Crippen molar-refractivity contribution in [3.8, 4) is 0 Å². The fraction of sp³-hybridized carbons (Fsp3) is 0.667. The van der Waals surface area contributed by atoms with E-state index in [0.29, 0.717) is 19.0 Å². The monoisotopic (exact) mass is 341 g/mol. The van der Waals surface area contributed by atoms with E-state index in [-0.39, 0.29) is 42.6 Å². The average Bonchev–Trinajstić information content (AvgIpc) is 3.15. The summed E-state index contributed by atoms with van der Waals surface area (Å²) in [5.41, 5.74) is 6.57. The minimum atomic E-state index is -0.273. The maximum atomic E-state index is 12.8. The molecule has 8 heteroatoms. The molecule has 0 aliphatic carbocycles. The van der Waals surface area contributed by atoms with E-state index in [2.05, 4.69) is 17.1 Å². The fourth-order valence-electron chi connectivity index (χ4n) is 3.51. The molecule has 0 radical (unpaired) electrons. The quantitative estimate of drug-likeness (QED) is 0.848. The Kier molecular flexibility index (Phi) is 5.64. The molecule has 2 aliphatic rings. The van der Waals surface area contributed by atoms with E-state index in [1.54, 1.807) is 17.3 Å². The van der Waals surface area contributed by atoms with Gasteiger partial charge in [-0.3, -0.25) is 14.7 Å². The Morgan fingerprint density at radius 1 is 1.52 bits per heavy atom. The first-order valence-electron chi connectivity index (χ1n) is 7.89. The molecule has 2 saturated heterocycles.